The summed E-state index contributed by atoms with van der Waals surface area (Å²) in [5.41, 5.74) is 13.4. The van der Waals surface area contributed by atoms with Gasteiger partial charge < -0.3 is 43.8 Å². The number of benzene rings is 2. The van der Waals surface area contributed by atoms with E-state index in [2.05, 4.69) is 35.9 Å². The number of carboxylic acid groups (broad SMARTS) is 2. The average Bonchev–Trinajstić information content (AvgIpc) is 2.97. The number of nitrogen functional groups attached to an aromatic ring is 2. The molecule has 224 valence electrons. The number of hydrogen-bond acceptors (Lipinski definition) is 11. The van der Waals surface area contributed by atoms with E-state index in [1.165, 1.54) is 36.5 Å². The molecule has 43 heavy (non-hydrogen) atoms. The van der Waals surface area contributed by atoms with Crippen molar-refractivity contribution in [3.8, 4) is 0 Å². The Balaban J connectivity index is 0.00000506. The number of nitrogens with two attached hydrogens (primary N) is 2. The molecule has 0 aliphatic heterocycles. The van der Waals surface area contributed by atoms with Gasteiger partial charge in [0.15, 0.2) is 17.0 Å². The normalized spacial score (nSPS) is 11.2. The molecule has 0 fully saturated rings. The molecule has 2 aromatic heterocycles. The van der Waals surface area contributed by atoms with Crippen molar-refractivity contribution < 1.29 is 29.4 Å². The van der Waals surface area contributed by atoms with Gasteiger partial charge in [-0.05, 0) is 49.2 Å². The van der Waals surface area contributed by atoms with Crippen LogP contribution in [0.5, 0.6) is 0 Å². The molecule has 1 unspecified atom stereocenters. The Morgan fingerprint density at radius 2 is 1.58 bits per heavy atom. The van der Waals surface area contributed by atoms with Crippen molar-refractivity contribution in [3.63, 3.8) is 0 Å². The van der Waals surface area contributed by atoms with Gasteiger partial charge in [0, 0.05) is 17.8 Å². The van der Waals surface area contributed by atoms with Crippen LogP contribution in [0.3, 0.4) is 0 Å². The molecule has 4 aromatic rings. The van der Waals surface area contributed by atoms with Crippen molar-refractivity contribution in [2.24, 2.45) is 0 Å². The fraction of sp³-hybridized carbons (Fsp3) is 0.185. The number of aromatic carboxylic acids is 1. The molecule has 0 bridgehead atoms. The smallest absolute Gasteiger partial charge is 0.336 e. The molecule has 1 atom stereocenters. The number of aliphatic carboxylic acids is 1. The number of hydrogen-bond donors (Lipinski definition) is 8. The molecule has 0 radical (unpaired) electrons. The van der Waals surface area contributed by atoms with Crippen LogP contribution in [0.25, 0.3) is 11.2 Å². The van der Waals surface area contributed by atoms with Crippen LogP contribution in [-0.4, -0.2) is 66.5 Å². The fourth-order valence-corrected chi connectivity index (χ4v) is 3.97. The second-order valence-electron chi connectivity index (χ2n) is 9.04. The summed E-state index contributed by atoms with van der Waals surface area (Å²) < 4.78 is 0. The highest BCUT2D eigenvalue weighted by Crippen LogP contribution is 2.16. The topological polar surface area (TPSA) is 285 Å². The van der Waals surface area contributed by atoms with E-state index in [4.69, 9.17) is 11.5 Å². The first-order chi connectivity index (χ1) is 20.1. The average molecular weight is 592 g/mol. The fourth-order valence-electron chi connectivity index (χ4n) is 3.97. The van der Waals surface area contributed by atoms with E-state index in [1.807, 2.05) is 0 Å². The molecule has 0 aliphatic rings. The van der Waals surface area contributed by atoms with Crippen LogP contribution in [0.4, 0.5) is 17.5 Å². The second kappa shape index (κ2) is 14.1. The van der Waals surface area contributed by atoms with Crippen molar-refractivity contribution in [2.75, 3.05) is 23.3 Å². The number of rotatable bonds is 12. The molecule has 16 heteroatoms. The molecule has 0 spiro atoms. The van der Waals surface area contributed by atoms with Gasteiger partial charge in [-0.1, -0.05) is 12.1 Å². The minimum absolute atomic E-state index is 0. The monoisotopic (exact) mass is 591 g/mol. The van der Waals surface area contributed by atoms with E-state index in [9.17, 15) is 29.4 Å². The number of quaternary nitrogens is 1. The first kappa shape index (κ1) is 31.6. The van der Waals surface area contributed by atoms with Gasteiger partial charge in [-0.3, -0.25) is 9.59 Å². The lowest BCUT2D eigenvalue weighted by atomic mass is 10.1. The van der Waals surface area contributed by atoms with Crippen LogP contribution in [0.1, 0.15) is 49.6 Å². The maximum Gasteiger partial charge on any atom is 0.336 e. The van der Waals surface area contributed by atoms with E-state index < -0.39 is 29.8 Å². The standard InChI is InChI=1S/C27H27N9O6.H3N/c28-21-20-22(36-27(29)35-21)32-13-16(33-20)12-31-15-9-7-14(8-10-15)23(37)34-19(26(41)42)6-3-11-30-24(38)17-4-1-2-5-18(17)25(39)40;/h1-2,4-5,7-10,13,19,31H,3,6,11-12H2,(H,30,38)(H,34,37)(H,39,40)(H,41,42)(H4,28,29,32,35,36);1H3/p+1. The molecular weight excluding hydrogens is 560 g/mol. The Labute approximate surface area is 244 Å². The molecule has 13 N–H and O–H groups in total. The van der Waals surface area contributed by atoms with Gasteiger partial charge in [-0.15, -0.1) is 0 Å². The maximum atomic E-state index is 12.7. The van der Waals surface area contributed by atoms with Gasteiger partial charge in [0.05, 0.1) is 29.6 Å². The van der Waals surface area contributed by atoms with Gasteiger partial charge >= 0.3 is 11.9 Å². The van der Waals surface area contributed by atoms with E-state index in [-0.39, 0.29) is 66.2 Å². The zero-order valence-electron chi connectivity index (χ0n) is 23.1. The second-order valence-corrected chi connectivity index (χ2v) is 9.04. The summed E-state index contributed by atoms with van der Waals surface area (Å²) in [7, 11) is 0. The summed E-state index contributed by atoms with van der Waals surface area (Å²) in [5, 5.41) is 27.0. The quantitative estimate of drug-likeness (QED) is 0.109. The summed E-state index contributed by atoms with van der Waals surface area (Å²) in [6.07, 6.45) is 1.79. The highest BCUT2D eigenvalue weighted by atomic mass is 16.4. The van der Waals surface area contributed by atoms with E-state index in [0.29, 0.717) is 16.9 Å². The van der Waals surface area contributed by atoms with Crippen LogP contribution in [0, 0.1) is 0 Å². The predicted molar refractivity (Wildman–Crippen MR) is 158 cm³/mol. The van der Waals surface area contributed by atoms with Gasteiger partial charge in [0.25, 0.3) is 11.8 Å². The van der Waals surface area contributed by atoms with E-state index >= 15 is 0 Å². The highest BCUT2D eigenvalue weighted by Gasteiger charge is 2.21. The van der Waals surface area contributed by atoms with Crippen LogP contribution in [-0.2, 0) is 11.3 Å². The number of fused-ring (bicyclic) bond motifs is 1. The van der Waals surface area contributed by atoms with Gasteiger partial charge in [0.1, 0.15) is 6.04 Å². The minimum Gasteiger partial charge on any atom is -0.480 e. The third-order valence-corrected chi connectivity index (χ3v) is 6.08. The van der Waals surface area contributed by atoms with Crippen LogP contribution >= 0.6 is 0 Å². The highest BCUT2D eigenvalue weighted by molar-refractivity contribution is 6.04. The summed E-state index contributed by atoms with van der Waals surface area (Å²) in [5.74, 6) is -3.51. The lowest BCUT2D eigenvalue weighted by Gasteiger charge is -2.15. The number of nitrogens with one attached hydrogen (secondary N) is 3. The maximum absolute atomic E-state index is 12.7. The number of anilines is 3. The lowest BCUT2D eigenvalue weighted by Crippen LogP contribution is -2.41. The van der Waals surface area contributed by atoms with E-state index in [0.717, 1.165) is 0 Å². The van der Waals surface area contributed by atoms with Crippen molar-refractivity contribution in [1.82, 2.24) is 36.7 Å². The summed E-state index contributed by atoms with van der Waals surface area (Å²) >= 11 is 0. The number of amides is 2. The molecule has 16 nitrogen and oxygen atoms in total. The molecule has 2 amide bonds. The van der Waals surface area contributed by atoms with E-state index in [1.54, 1.807) is 18.2 Å². The molecule has 0 saturated carbocycles. The van der Waals surface area contributed by atoms with Crippen molar-refractivity contribution in [1.29, 1.82) is 0 Å². The van der Waals surface area contributed by atoms with Crippen LogP contribution < -0.4 is 33.6 Å². The van der Waals surface area contributed by atoms with Crippen LogP contribution in [0.2, 0.25) is 0 Å². The first-order valence-electron chi connectivity index (χ1n) is 12.6. The Morgan fingerprint density at radius 1 is 0.884 bits per heavy atom. The molecular formula is C27H31N10O6+. The van der Waals surface area contributed by atoms with Crippen molar-refractivity contribution in [2.45, 2.75) is 25.4 Å². The summed E-state index contributed by atoms with van der Waals surface area (Å²) in [6, 6.07) is 11.0. The Bertz CT molecular complexity index is 1650. The van der Waals surface area contributed by atoms with Gasteiger partial charge in [-0.2, -0.15) is 9.97 Å². The number of carbonyl (C=O) groups excluding carboxylic acids is 2. The number of carboxylic acids is 2. The molecule has 2 heterocycles. The SMILES string of the molecule is Nc1nc(N)c2nc(CNc3ccc(C(=O)NC(CCCNC(=O)c4ccccc4C(=O)O)C(=O)O)cc3)cnc2n1.[NH4+]. The molecule has 4 rings (SSSR count). The third kappa shape index (κ3) is 8.08. The summed E-state index contributed by atoms with van der Waals surface area (Å²) in [6.45, 7) is 0.375. The van der Waals surface area contributed by atoms with Crippen molar-refractivity contribution >= 4 is 52.4 Å². The zero-order chi connectivity index (χ0) is 30.2. The van der Waals surface area contributed by atoms with Gasteiger partial charge in [-0.25, -0.2) is 19.6 Å². The molecule has 0 saturated heterocycles. The largest absolute Gasteiger partial charge is 0.480 e. The Hall–Kier alpha value is -5.90. The zero-order valence-corrected chi connectivity index (χ0v) is 23.1. The predicted octanol–water partition coefficient (Wildman–Crippen LogP) is 1.66. The molecule has 2 aromatic carbocycles. The molecule has 0 aliphatic carbocycles. The first-order valence-corrected chi connectivity index (χ1v) is 12.6. The van der Waals surface area contributed by atoms with Crippen LogP contribution in [0.15, 0.2) is 54.7 Å². The van der Waals surface area contributed by atoms with Crippen molar-refractivity contribution in [3.05, 3.63) is 77.1 Å². The minimum atomic E-state index is -1.23. The van der Waals surface area contributed by atoms with Gasteiger partial charge in [0.2, 0.25) is 5.95 Å². The Kier molecular flexibility index (Phi) is 10.4. The Morgan fingerprint density at radius 3 is 2.26 bits per heavy atom. The number of nitrogens with zero attached hydrogens (tertiary/aromatic N) is 4. The summed E-state index contributed by atoms with van der Waals surface area (Å²) in [4.78, 5) is 64.5. The number of carbonyl (C=O) groups is 4. The number of aromatic nitrogens is 4. The lowest BCUT2D eigenvalue weighted by molar-refractivity contribution is -0.139. The third-order valence-electron chi connectivity index (χ3n) is 6.08.